The molecule has 0 aliphatic carbocycles. The first-order chi connectivity index (χ1) is 6.27. The first kappa shape index (κ1) is 7.60. The van der Waals surface area contributed by atoms with Crippen LogP contribution >= 0.6 is 0 Å². The van der Waals surface area contributed by atoms with E-state index in [0.717, 1.165) is 6.07 Å². The molecule has 0 unspecified atom stereocenters. The van der Waals surface area contributed by atoms with Crippen LogP contribution in [0.25, 0.3) is 5.82 Å². The Morgan fingerprint density at radius 1 is 1.46 bits per heavy atom. The van der Waals surface area contributed by atoms with Crippen molar-refractivity contribution in [3.63, 3.8) is 0 Å². The van der Waals surface area contributed by atoms with E-state index in [1.165, 1.54) is 4.68 Å². The Hall–Kier alpha value is -2.04. The van der Waals surface area contributed by atoms with Gasteiger partial charge in [-0.3, -0.25) is 9.89 Å². The molecular weight excluding hydrogens is 170 g/mol. The second kappa shape index (κ2) is 2.78. The first-order valence-electron chi connectivity index (χ1n) is 3.70. The molecule has 0 aliphatic heterocycles. The quantitative estimate of drug-likeness (QED) is 0.656. The van der Waals surface area contributed by atoms with Crippen LogP contribution in [0.3, 0.4) is 0 Å². The predicted octanol–water partition coefficient (Wildman–Crippen LogP) is 0.266. The standard InChI is InChI=1S/C8H7N3O2/c12-7-5-8(13)11(10-7)6-3-1-2-4-9-6/h1-5,13H,(H,10,12). The highest BCUT2D eigenvalue weighted by atomic mass is 16.3. The molecule has 0 fully saturated rings. The fourth-order valence-corrected chi connectivity index (χ4v) is 1.04. The summed E-state index contributed by atoms with van der Waals surface area (Å²) in [5.41, 5.74) is -0.358. The Labute approximate surface area is 73.3 Å². The maximum Gasteiger partial charge on any atom is 0.268 e. The number of nitrogens with zero attached hydrogens (tertiary/aromatic N) is 2. The van der Waals surface area contributed by atoms with Crippen LogP contribution in [0.15, 0.2) is 35.3 Å². The van der Waals surface area contributed by atoms with E-state index in [9.17, 15) is 9.90 Å². The van der Waals surface area contributed by atoms with E-state index in [2.05, 4.69) is 10.1 Å². The second-order valence-electron chi connectivity index (χ2n) is 2.50. The summed E-state index contributed by atoms with van der Waals surface area (Å²) in [6, 6.07) is 6.28. The summed E-state index contributed by atoms with van der Waals surface area (Å²) in [5, 5.41) is 11.7. The third-order valence-electron chi connectivity index (χ3n) is 1.59. The number of pyridine rings is 1. The monoisotopic (exact) mass is 177 g/mol. The van der Waals surface area contributed by atoms with Crippen molar-refractivity contribution in [2.24, 2.45) is 0 Å². The number of aromatic hydroxyl groups is 1. The zero-order valence-corrected chi connectivity index (χ0v) is 6.64. The largest absolute Gasteiger partial charge is 0.493 e. The molecule has 0 radical (unpaired) electrons. The van der Waals surface area contributed by atoms with Crippen LogP contribution in [-0.4, -0.2) is 19.9 Å². The summed E-state index contributed by atoms with van der Waals surface area (Å²) in [4.78, 5) is 14.8. The Balaban J connectivity index is 2.59. The number of aromatic amines is 1. The minimum Gasteiger partial charge on any atom is -0.493 e. The highest BCUT2D eigenvalue weighted by molar-refractivity contribution is 5.25. The molecule has 0 atom stereocenters. The highest BCUT2D eigenvalue weighted by Crippen LogP contribution is 2.09. The number of hydrogen-bond acceptors (Lipinski definition) is 3. The average molecular weight is 177 g/mol. The molecule has 2 aromatic rings. The lowest BCUT2D eigenvalue weighted by Crippen LogP contribution is -2.04. The molecule has 5 nitrogen and oxygen atoms in total. The molecule has 0 saturated carbocycles. The Bertz CT molecular complexity index is 458. The van der Waals surface area contributed by atoms with Gasteiger partial charge in [-0.1, -0.05) is 6.07 Å². The number of H-pyrrole nitrogens is 1. The fourth-order valence-electron chi connectivity index (χ4n) is 1.04. The van der Waals surface area contributed by atoms with Gasteiger partial charge in [0.2, 0.25) is 5.88 Å². The zero-order chi connectivity index (χ0) is 9.26. The van der Waals surface area contributed by atoms with Crippen LogP contribution in [-0.2, 0) is 0 Å². The number of nitrogens with one attached hydrogen (secondary N) is 1. The van der Waals surface area contributed by atoms with Crippen LogP contribution in [0.5, 0.6) is 5.88 Å². The molecule has 2 aromatic heterocycles. The topological polar surface area (TPSA) is 70.9 Å². The van der Waals surface area contributed by atoms with Crippen LogP contribution in [0.2, 0.25) is 0 Å². The smallest absolute Gasteiger partial charge is 0.268 e. The molecular formula is C8H7N3O2. The van der Waals surface area contributed by atoms with E-state index in [0.29, 0.717) is 5.82 Å². The van der Waals surface area contributed by atoms with Crippen molar-refractivity contribution in [2.45, 2.75) is 0 Å². The Kier molecular flexibility index (Phi) is 1.63. The summed E-state index contributed by atoms with van der Waals surface area (Å²) in [6.45, 7) is 0. The van der Waals surface area contributed by atoms with Gasteiger partial charge in [0.15, 0.2) is 5.82 Å². The molecule has 0 amide bonds. The maximum absolute atomic E-state index is 10.8. The summed E-state index contributed by atoms with van der Waals surface area (Å²) < 4.78 is 1.21. The van der Waals surface area contributed by atoms with Crippen molar-refractivity contribution in [3.8, 4) is 11.7 Å². The molecule has 0 aromatic carbocycles. The van der Waals surface area contributed by atoms with Gasteiger partial charge in [0.25, 0.3) is 5.56 Å². The molecule has 2 N–H and O–H groups in total. The minimum absolute atomic E-state index is 0.149. The van der Waals surface area contributed by atoms with Gasteiger partial charge in [-0.15, -0.1) is 0 Å². The predicted molar refractivity (Wildman–Crippen MR) is 45.8 cm³/mol. The third kappa shape index (κ3) is 1.31. The number of hydrogen-bond donors (Lipinski definition) is 2. The third-order valence-corrected chi connectivity index (χ3v) is 1.59. The fraction of sp³-hybridized carbons (Fsp3) is 0. The Morgan fingerprint density at radius 3 is 2.85 bits per heavy atom. The van der Waals surface area contributed by atoms with Gasteiger partial charge >= 0.3 is 0 Å². The van der Waals surface area contributed by atoms with Crippen LogP contribution in [0.1, 0.15) is 0 Å². The van der Waals surface area contributed by atoms with E-state index < -0.39 is 0 Å². The van der Waals surface area contributed by atoms with Crippen molar-refractivity contribution in [2.75, 3.05) is 0 Å². The van der Waals surface area contributed by atoms with E-state index in [-0.39, 0.29) is 11.4 Å². The van der Waals surface area contributed by atoms with Gasteiger partial charge in [0, 0.05) is 6.20 Å². The van der Waals surface area contributed by atoms with Crippen molar-refractivity contribution in [1.82, 2.24) is 14.8 Å². The van der Waals surface area contributed by atoms with Gasteiger partial charge in [-0.2, -0.15) is 0 Å². The van der Waals surface area contributed by atoms with Crippen LogP contribution < -0.4 is 5.56 Å². The van der Waals surface area contributed by atoms with Gasteiger partial charge in [0.1, 0.15) is 0 Å². The molecule has 2 rings (SSSR count). The second-order valence-corrected chi connectivity index (χ2v) is 2.50. The van der Waals surface area contributed by atoms with Gasteiger partial charge in [0.05, 0.1) is 6.07 Å². The lowest BCUT2D eigenvalue weighted by atomic mass is 10.5. The molecule has 0 bridgehead atoms. The first-order valence-corrected chi connectivity index (χ1v) is 3.70. The van der Waals surface area contributed by atoms with Crippen LogP contribution in [0.4, 0.5) is 0 Å². The maximum atomic E-state index is 10.8. The summed E-state index contributed by atoms with van der Waals surface area (Å²) >= 11 is 0. The highest BCUT2D eigenvalue weighted by Gasteiger charge is 2.03. The molecule has 2 heterocycles. The van der Waals surface area contributed by atoms with Gasteiger partial charge in [-0.25, -0.2) is 9.67 Å². The molecule has 0 saturated heterocycles. The van der Waals surface area contributed by atoms with Crippen molar-refractivity contribution in [1.29, 1.82) is 0 Å². The number of aromatic nitrogens is 3. The van der Waals surface area contributed by atoms with Gasteiger partial charge in [-0.05, 0) is 12.1 Å². The SMILES string of the molecule is O=c1cc(O)n(-c2ccccn2)[nH]1. The number of rotatable bonds is 1. The average Bonchev–Trinajstić information content (AvgIpc) is 2.47. The van der Waals surface area contributed by atoms with Crippen molar-refractivity contribution < 1.29 is 5.11 Å². The van der Waals surface area contributed by atoms with Crippen molar-refractivity contribution >= 4 is 0 Å². The molecule has 5 heteroatoms. The molecule has 13 heavy (non-hydrogen) atoms. The van der Waals surface area contributed by atoms with E-state index in [1.54, 1.807) is 24.4 Å². The summed E-state index contributed by atoms with van der Waals surface area (Å²) in [5.74, 6) is 0.325. The van der Waals surface area contributed by atoms with Crippen LogP contribution in [0, 0.1) is 0 Å². The lowest BCUT2D eigenvalue weighted by Gasteiger charge is -2.00. The minimum atomic E-state index is -0.358. The van der Waals surface area contributed by atoms with Gasteiger partial charge < -0.3 is 5.11 Å². The normalized spacial score (nSPS) is 10.2. The molecule has 0 aliphatic rings. The summed E-state index contributed by atoms with van der Waals surface area (Å²) in [6.07, 6.45) is 1.58. The molecule has 66 valence electrons. The van der Waals surface area contributed by atoms with E-state index in [4.69, 9.17) is 0 Å². The summed E-state index contributed by atoms with van der Waals surface area (Å²) in [7, 11) is 0. The van der Waals surface area contributed by atoms with E-state index >= 15 is 0 Å². The van der Waals surface area contributed by atoms with Crippen molar-refractivity contribution in [3.05, 3.63) is 40.8 Å². The molecule has 0 spiro atoms. The zero-order valence-electron chi connectivity index (χ0n) is 6.64. The Morgan fingerprint density at radius 2 is 2.31 bits per heavy atom. The lowest BCUT2D eigenvalue weighted by molar-refractivity contribution is 0.432. The van der Waals surface area contributed by atoms with E-state index in [1.807, 2.05) is 0 Å².